The molecular weight excluding hydrogens is 360 g/mol. The van der Waals surface area contributed by atoms with Crippen LogP contribution in [0.15, 0.2) is 70.6 Å². The molecule has 1 fully saturated rings. The predicted octanol–water partition coefficient (Wildman–Crippen LogP) is 5.67. The Kier molecular flexibility index (Phi) is 5.09. The molecule has 2 atom stereocenters. The van der Waals surface area contributed by atoms with E-state index in [0.717, 1.165) is 37.5 Å². The number of hydrogen-bond acceptors (Lipinski definition) is 4. The molecule has 2 heterocycles. The average molecular weight is 389 g/mol. The van der Waals surface area contributed by atoms with Crippen LogP contribution in [0.3, 0.4) is 0 Å². The quantitative estimate of drug-likeness (QED) is 0.634. The van der Waals surface area contributed by atoms with E-state index < -0.39 is 0 Å². The molecule has 0 unspecified atom stereocenters. The lowest BCUT2D eigenvalue weighted by atomic mass is 9.79. The van der Waals surface area contributed by atoms with Gasteiger partial charge in [-0.25, -0.2) is 9.98 Å². The highest BCUT2D eigenvalue weighted by Gasteiger charge is 2.48. The largest absolute Gasteiger partial charge is 0.478 e. The molecule has 3 aliphatic rings. The van der Waals surface area contributed by atoms with Crippen molar-refractivity contribution in [2.45, 2.75) is 50.6 Å². The van der Waals surface area contributed by atoms with E-state index in [0.29, 0.717) is 13.2 Å². The topological polar surface area (TPSA) is 43.2 Å². The summed E-state index contributed by atoms with van der Waals surface area (Å²) in [5.41, 5.74) is 2.12. The molecule has 150 valence electrons. The first-order valence-electron chi connectivity index (χ1n) is 10.9. The summed E-state index contributed by atoms with van der Waals surface area (Å²) in [6, 6.07) is 21.0. The van der Waals surface area contributed by atoms with Crippen LogP contribution in [0.25, 0.3) is 0 Å². The third-order valence-electron chi connectivity index (χ3n) is 6.45. The second-order valence-corrected chi connectivity index (χ2v) is 8.34. The van der Waals surface area contributed by atoms with Gasteiger partial charge in [0, 0.05) is 0 Å². The molecule has 0 spiro atoms. The molecule has 0 saturated heterocycles. The molecule has 1 aliphatic carbocycles. The summed E-state index contributed by atoms with van der Waals surface area (Å²) in [4.78, 5) is 10.1. The van der Waals surface area contributed by atoms with E-state index in [9.17, 15) is 0 Å². The molecule has 0 aromatic heterocycles. The van der Waals surface area contributed by atoms with Gasteiger partial charge in [-0.05, 0) is 24.0 Å². The van der Waals surface area contributed by atoms with E-state index in [1.165, 1.54) is 24.0 Å². The number of aliphatic imine (C=N–C) groups is 2. The summed E-state index contributed by atoms with van der Waals surface area (Å²) in [5, 5.41) is 0. The van der Waals surface area contributed by atoms with Gasteiger partial charge in [0.25, 0.3) is 0 Å². The highest BCUT2D eigenvalue weighted by molar-refractivity contribution is 6.06. The molecule has 0 amide bonds. The van der Waals surface area contributed by atoms with E-state index in [1.54, 1.807) is 0 Å². The van der Waals surface area contributed by atoms with Gasteiger partial charge in [0.15, 0.2) is 11.8 Å². The number of benzene rings is 2. The number of ether oxygens (including phenoxy) is 2. The van der Waals surface area contributed by atoms with Crippen LogP contribution in [0.4, 0.5) is 0 Å². The molecule has 2 aromatic carbocycles. The van der Waals surface area contributed by atoms with Crippen LogP contribution in [-0.2, 0) is 9.47 Å². The van der Waals surface area contributed by atoms with Crippen molar-refractivity contribution in [2.75, 3.05) is 13.2 Å². The van der Waals surface area contributed by atoms with E-state index in [1.807, 2.05) is 12.1 Å². The SMILES string of the molecule is c1ccc([C@H]2COC(C3(C4=N[C@@H](c5ccccc5)CO4)CCCCCC3)=N2)cc1. The average Bonchev–Trinajstić information content (AvgIpc) is 3.42. The number of nitrogens with zero attached hydrogens (tertiary/aromatic N) is 2. The van der Waals surface area contributed by atoms with Crippen LogP contribution >= 0.6 is 0 Å². The third kappa shape index (κ3) is 3.57. The maximum atomic E-state index is 6.26. The van der Waals surface area contributed by atoms with Crippen LogP contribution < -0.4 is 0 Å². The summed E-state index contributed by atoms with van der Waals surface area (Å²) >= 11 is 0. The zero-order valence-corrected chi connectivity index (χ0v) is 16.8. The van der Waals surface area contributed by atoms with E-state index in [4.69, 9.17) is 19.5 Å². The van der Waals surface area contributed by atoms with Gasteiger partial charge in [0.2, 0.25) is 0 Å². The second kappa shape index (κ2) is 8.02. The number of hydrogen-bond donors (Lipinski definition) is 0. The monoisotopic (exact) mass is 388 g/mol. The Balaban J connectivity index is 1.49. The third-order valence-corrected chi connectivity index (χ3v) is 6.45. The Morgan fingerprint density at radius 2 is 1.07 bits per heavy atom. The maximum Gasteiger partial charge on any atom is 0.200 e. The lowest BCUT2D eigenvalue weighted by Gasteiger charge is -2.30. The van der Waals surface area contributed by atoms with Gasteiger partial charge in [0.1, 0.15) is 30.7 Å². The van der Waals surface area contributed by atoms with Crippen LogP contribution in [0.5, 0.6) is 0 Å². The fraction of sp³-hybridized carbons (Fsp3) is 0.440. The molecule has 29 heavy (non-hydrogen) atoms. The highest BCUT2D eigenvalue weighted by atomic mass is 16.5. The zero-order valence-electron chi connectivity index (χ0n) is 16.8. The molecule has 4 heteroatoms. The fourth-order valence-electron chi connectivity index (χ4n) is 4.81. The van der Waals surface area contributed by atoms with Gasteiger partial charge in [-0.1, -0.05) is 86.3 Å². The van der Waals surface area contributed by atoms with Crippen molar-refractivity contribution in [1.82, 2.24) is 0 Å². The second-order valence-electron chi connectivity index (χ2n) is 8.34. The lowest BCUT2D eigenvalue weighted by molar-refractivity contribution is 0.240. The molecule has 5 rings (SSSR count). The Morgan fingerprint density at radius 3 is 1.52 bits per heavy atom. The van der Waals surface area contributed by atoms with Crippen LogP contribution in [-0.4, -0.2) is 25.0 Å². The minimum absolute atomic E-state index is 0.0678. The molecule has 2 aliphatic heterocycles. The van der Waals surface area contributed by atoms with Gasteiger partial charge in [-0.15, -0.1) is 0 Å². The van der Waals surface area contributed by atoms with Crippen LogP contribution in [0, 0.1) is 5.41 Å². The first kappa shape index (κ1) is 18.4. The molecule has 1 saturated carbocycles. The standard InChI is InChI=1S/C25H28N2O2/c1-2-10-16-25(15-9-1,23-26-21(17-28-23)19-11-5-3-6-12-19)24-27-22(18-29-24)20-13-7-4-8-14-20/h3-8,11-14,21-22H,1-2,9-10,15-18H2/t21-,22-/m1/s1. The van der Waals surface area contributed by atoms with Crippen molar-refractivity contribution < 1.29 is 9.47 Å². The fourth-order valence-corrected chi connectivity index (χ4v) is 4.81. The predicted molar refractivity (Wildman–Crippen MR) is 115 cm³/mol. The summed E-state index contributed by atoms with van der Waals surface area (Å²) in [5.74, 6) is 1.70. The van der Waals surface area contributed by atoms with Gasteiger partial charge in [0.05, 0.1) is 0 Å². The van der Waals surface area contributed by atoms with Gasteiger partial charge >= 0.3 is 0 Å². The van der Waals surface area contributed by atoms with E-state index >= 15 is 0 Å². The van der Waals surface area contributed by atoms with Crippen molar-refractivity contribution in [3.63, 3.8) is 0 Å². The Morgan fingerprint density at radius 1 is 0.621 bits per heavy atom. The zero-order chi connectivity index (χ0) is 19.5. The van der Waals surface area contributed by atoms with Crippen molar-refractivity contribution in [2.24, 2.45) is 15.4 Å². The van der Waals surface area contributed by atoms with Crippen molar-refractivity contribution in [1.29, 1.82) is 0 Å². The summed E-state index contributed by atoms with van der Waals surface area (Å²) < 4.78 is 12.5. The maximum absolute atomic E-state index is 6.26. The molecule has 0 bridgehead atoms. The molecule has 2 aromatic rings. The van der Waals surface area contributed by atoms with Gasteiger partial charge < -0.3 is 9.47 Å². The van der Waals surface area contributed by atoms with Crippen LogP contribution in [0.2, 0.25) is 0 Å². The summed E-state index contributed by atoms with van der Waals surface area (Å²) in [7, 11) is 0. The smallest absolute Gasteiger partial charge is 0.200 e. The van der Waals surface area contributed by atoms with Crippen LogP contribution in [0.1, 0.15) is 61.7 Å². The molecule has 0 N–H and O–H groups in total. The first-order chi connectivity index (χ1) is 14.4. The van der Waals surface area contributed by atoms with Crippen molar-refractivity contribution in [3.8, 4) is 0 Å². The van der Waals surface area contributed by atoms with E-state index in [2.05, 4.69) is 48.5 Å². The Hall–Kier alpha value is -2.62. The lowest BCUT2D eigenvalue weighted by Crippen LogP contribution is -2.39. The minimum atomic E-state index is -0.302. The highest BCUT2D eigenvalue weighted by Crippen LogP contribution is 2.44. The minimum Gasteiger partial charge on any atom is -0.478 e. The van der Waals surface area contributed by atoms with Crippen molar-refractivity contribution in [3.05, 3.63) is 71.8 Å². The summed E-state index contributed by atoms with van der Waals surface area (Å²) in [6.45, 7) is 1.22. The van der Waals surface area contributed by atoms with E-state index in [-0.39, 0.29) is 17.5 Å². The molecule has 0 radical (unpaired) electrons. The Bertz CT molecular complexity index is 816. The van der Waals surface area contributed by atoms with Gasteiger partial charge in [-0.2, -0.15) is 0 Å². The van der Waals surface area contributed by atoms with Gasteiger partial charge in [-0.3, -0.25) is 0 Å². The summed E-state index contributed by atoms with van der Waals surface area (Å²) in [6.07, 6.45) is 6.86. The van der Waals surface area contributed by atoms with Crippen molar-refractivity contribution >= 4 is 11.8 Å². The Labute approximate surface area is 172 Å². The normalized spacial score (nSPS) is 26.1. The number of rotatable bonds is 4. The molecule has 4 nitrogen and oxygen atoms in total. The molecular formula is C25H28N2O2. The first-order valence-corrected chi connectivity index (χ1v) is 10.9.